The lowest BCUT2D eigenvalue weighted by atomic mass is 10.1. The third kappa shape index (κ3) is 2.90. The lowest BCUT2D eigenvalue weighted by Gasteiger charge is -2.14. The SMILES string of the molecule is CNC(Cc1ccc(Br)s1)c1ccccn1. The van der Waals surface area contributed by atoms with Crippen LogP contribution in [0, 0.1) is 0 Å². The molecule has 0 aliphatic carbocycles. The number of hydrogen-bond donors (Lipinski definition) is 1. The maximum atomic E-state index is 4.38. The van der Waals surface area contributed by atoms with E-state index in [0.29, 0.717) is 0 Å². The van der Waals surface area contributed by atoms with Gasteiger partial charge in [0, 0.05) is 17.5 Å². The Hall–Kier alpha value is -0.710. The number of halogens is 1. The van der Waals surface area contributed by atoms with Crippen LogP contribution in [0.3, 0.4) is 0 Å². The maximum Gasteiger partial charge on any atom is 0.0701 e. The molecule has 0 aliphatic heterocycles. The zero-order valence-electron chi connectivity index (χ0n) is 8.98. The van der Waals surface area contributed by atoms with E-state index in [1.54, 1.807) is 11.3 Å². The summed E-state index contributed by atoms with van der Waals surface area (Å²) in [6.07, 6.45) is 2.81. The zero-order chi connectivity index (χ0) is 11.4. The van der Waals surface area contributed by atoms with Crippen molar-refractivity contribution >= 4 is 27.3 Å². The number of aromatic nitrogens is 1. The van der Waals surface area contributed by atoms with E-state index >= 15 is 0 Å². The van der Waals surface area contributed by atoms with Crippen LogP contribution < -0.4 is 5.32 Å². The van der Waals surface area contributed by atoms with E-state index in [4.69, 9.17) is 0 Å². The molecule has 4 heteroatoms. The summed E-state index contributed by atoms with van der Waals surface area (Å²) in [5.74, 6) is 0. The Bertz CT molecular complexity index is 441. The van der Waals surface area contributed by atoms with Crippen LogP contribution in [-0.4, -0.2) is 12.0 Å². The molecular weight excluding hydrogens is 284 g/mol. The van der Waals surface area contributed by atoms with Crippen molar-refractivity contribution in [3.8, 4) is 0 Å². The highest BCUT2D eigenvalue weighted by Crippen LogP contribution is 2.26. The standard InChI is InChI=1S/C12H13BrN2S/c1-14-11(10-4-2-3-7-15-10)8-9-5-6-12(13)16-9/h2-7,11,14H,8H2,1H3. The van der Waals surface area contributed by atoms with Crippen LogP contribution in [0.1, 0.15) is 16.6 Å². The highest BCUT2D eigenvalue weighted by molar-refractivity contribution is 9.11. The largest absolute Gasteiger partial charge is 0.311 e. The van der Waals surface area contributed by atoms with Crippen molar-refractivity contribution in [2.45, 2.75) is 12.5 Å². The molecule has 0 aromatic carbocycles. The van der Waals surface area contributed by atoms with Crippen molar-refractivity contribution in [1.29, 1.82) is 0 Å². The Kier molecular flexibility index (Phi) is 4.09. The van der Waals surface area contributed by atoms with Gasteiger partial charge in [0.2, 0.25) is 0 Å². The fraction of sp³-hybridized carbons (Fsp3) is 0.250. The molecule has 2 nitrogen and oxygen atoms in total. The number of pyridine rings is 1. The normalized spacial score (nSPS) is 12.6. The average molecular weight is 297 g/mol. The van der Waals surface area contributed by atoms with Crippen molar-refractivity contribution in [3.63, 3.8) is 0 Å². The van der Waals surface area contributed by atoms with Gasteiger partial charge in [-0.25, -0.2) is 0 Å². The molecule has 1 unspecified atom stereocenters. The molecular formula is C12H13BrN2S. The van der Waals surface area contributed by atoms with E-state index in [2.05, 4.69) is 44.4 Å². The van der Waals surface area contributed by atoms with Gasteiger partial charge in [-0.2, -0.15) is 0 Å². The van der Waals surface area contributed by atoms with E-state index in [0.717, 1.165) is 12.1 Å². The fourth-order valence-electron chi connectivity index (χ4n) is 1.60. The second-order valence-corrected chi connectivity index (χ2v) is 6.05. The fourth-order valence-corrected chi connectivity index (χ4v) is 3.13. The van der Waals surface area contributed by atoms with Gasteiger partial charge in [0.1, 0.15) is 0 Å². The highest BCUT2D eigenvalue weighted by atomic mass is 79.9. The van der Waals surface area contributed by atoms with Gasteiger partial charge < -0.3 is 5.32 Å². The summed E-state index contributed by atoms with van der Waals surface area (Å²) < 4.78 is 1.18. The van der Waals surface area contributed by atoms with Gasteiger partial charge in [0.05, 0.1) is 15.5 Å². The third-order valence-corrected chi connectivity index (χ3v) is 4.07. The topological polar surface area (TPSA) is 24.9 Å². The maximum absolute atomic E-state index is 4.38. The number of nitrogens with zero attached hydrogens (tertiary/aromatic N) is 1. The minimum atomic E-state index is 0.284. The van der Waals surface area contributed by atoms with Crippen molar-refractivity contribution < 1.29 is 0 Å². The Labute approximate surface area is 108 Å². The minimum Gasteiger partial charge on any atom is -0.311 e. The van der Waals surface area contributed by atoms with Gasteiger partial charge in [0.15, 0.2) is 0 Å². The number of rotatable bonds is 4. The Morgan fingerprint density at radius 1 is 1.38 bits per heavy atom. The van der Waals surface area contributed by atoms with Crippen molar-refractivity contribution in [2.24, 2.45) is 0 Å². The molecule has 2 rings (SSSR count). The first-order chi connectivity index (χ1) is 7.79. The van der Waals surface area contributed by atoms with Gasteiger partial charge in [-0.05, 0) is 47.2 Å². The van der Waals surface area contributed by atoms with E-state index in [1.165, 1.54) is 8.66 Å². The van der Waals surface area contributed by atoms with Crippen LogP contribution in [0.5, 0.6) is 0 Å². The smallest absolute Gasteiger partial charge is 0.0701 e. The first-order valence-corrected chi connectivity index (χ1v) is 6.73. The molecule has 0 saturated heterocycles. The molecule has 0 amide bonds. The molecule has 2 aromatic rings. The Morgan fingerprint density at radius 3 is 2.81 bits per heavy atom. The molecule has 0 aliphatic rings. The monoisotopic (exact) mass is 296 g/mol. The van der Waals surface area contributed by atoms with E-state index < -0.39 is 0 Å². The van der Waals surface area contributed by atoms with E-state index in [9.17, 15) is 0 Å². The predicted octanol–water partition coefficient (Wildman–Crippen LogP) is 3.41. The van der Waals surface area contributed by atoms with Crippen LogP contribution in [0.25, 0.3) is 0 Å². The summed E-state index contributed by atoms with van der Waals surface area (Å²) in [4.78, 5) is 5.74. The lowest BCUT2D eigenvalue weighted by molar-refractivity contribution is 0.580. The van der Waals surface area contributed by atoms with Crippen LogP contribution in [0.2, 0.25) is 0 Å². The van der Waals surface area contributed by atoms with E-state index in [-0.39, 0.29) is 6.04 Å². The van der Waals surface area contributed by atoms with Crippen LogP contribution in [0.4, 0.5) is 0 Å². The first-order valence-electron chi connectivity index (χ1n) is 5.12. The molecule has 2 heterocycles. The number of hydrogen-bond acceptors (Lipinski definition) is 3. The van der Waals surface area contributed by atoms with Gasteiger partial charge in [-0.1, -0.05) is 6.07 Å². The molecule has 0 spiro atoms. The van der Waals surface area contributed by atoms with Crippen LogP contribution in [-0.2, 0) is 6.42 Å². The average Bonchev–Trinajstić information content (AvgIpc) is 2.73. The second-order valence-electron chi connectivity index (χ2n) is 3.51. The summed E-state index contributed by atoms with van der Waals surface area (Å²) in [6.45, 7) is 0. The lowest BCUT2D eigenvalue weighted by Crippen LogP contribution is -2.19. The van der Waals surface area contributed by atoms with Crippen molar-refractivity contribution in [1.82, 2.24) is 10.3 Å². The zero-order valence-corrected chi connectivity index (χ0v) is 11.4. The quantitative estimate of drug-likeness (QED) is 0.935. The van der Waals surface area contributed by atoms with Gasteiger partial charge >= 0.3 is 0 Å². The summed E-state index contributed by atoms with van der Waals surface area (Å²) in [5.41, 5.74) is 1.09. The number of nitrogens with one attached hydrogen (secondary N) is 1. The predicted molar refractivity (Wildman–Crippen MR) is 71.8 cm³/mol. The molecule has 0 fully saturated rings. The Morgan fingerprint density at radius 2 is 2.25 bits per heavy atom. The molecule has 1 atom stereocenters. The molecule has 16 heavy (non-hydrogen) atoms. The second kappa shape index (κ2) is 5.57. The van der Waals surface area contributed by atoms with Crippen LogP contribution >= 0.6 is 27.3 Å². The molecule has 0 bridgehead atoms. The first kappa shape index (κ1) is 11.8. The number of thiophene rings is 1. The highest BCUT2D eigenvalue weighted by Gasteiger charge is 2.11. The minimum absolute atomic E-state index is 0.284. The van der Waals surface area contributed by atoms with Crippen LogP contribution in [0.15, 0.2) is 40.3 Å². The Balaban J connectivity index is 2.12. The van der Waals surface area contributed by atoms with Gasteiger partial charge in [0.25, 0.3) is 0 Å². The summed E-state index contributed by atoms with van der Waals surface area (Å²) in [7, 11) is 1.97. The molecule has 0 radical (unpaired) electrons. The van der Waals surface area contributed by atoms with Gasteiger partial charge in [-0.3, -0.25) is 4.98 Å². The van der Waals surface area contributed by atoms with E-state index in [1.807, 2.05) is 25.4 Å². The summed E-state index contributed by atoms with van der Waals surface area (Å²) >= 11 is 5.26. The van der Waals surface area contributed by atoms with Crippen molar-refractivity contribution in [3.05, 3.63) is 50.9 Å². The third-order valence-electron chi connectivity index (χ3n) is 2.43. The molecule has 84 valence electrons. The summed E-state index contributed by atoms with van der Waals surface area (Å²) in [6, 6.07) is 10.6. The molecule has 0 saturated carbocycles. The summed E-state index contributed by atoms with van der Waals surface area (Å²) in [5, 5.41) is 3.30. The number of likely N-dealkylation sites (N-methyl/N-ethyl adjacent to an activating group) is 1. The van der Waals surface area contributed by atoms with Crippen molar-refractivity contribution in [2.75, 3.05) is 7.05 Å². The molecule has 2 aromatic heterocycles. The van der Waals surface area contributed by atoms with Gasteiger partial charge in [-0.15, -0.1) is 11.3 Å². The molecule has 1 N–H and O–H groups in total.